The Hall–Kier alpha value is -1.84. The van der Waals surface area contributed by atoms with Crippen molar-refractivity contribution >= 4 is 17.0 Å². The van der Waals surface area contributed by atoms with Crippen LogP contribution in [0.4, 0.5) is 10.2 Å². The number of imidazole rings is 1. The molecule has 9 heteroatoms. The van der Waals surface area contributed by atoms with Crippen molar-refractivity contribution in [3.63, 3.8) is 0 Å². The lowest BCUT2D eigenvalue weighted by molar-refractivity contribution is -0.0409. The fourth-order valence-electron chi connectivity index (χ4n) is 4.83. The average Bonchev–Trinajstić information content (AvgIpc) is 3.41. The van der Waals surface area contributed by atoms with Gasteiger partial charge in [0, 0.05) is 6.04 Å². The Morgan fingerprint density at radius 2 is 2.08 bits per heavy atom. The van der Waals surface area contributed by atoms with Crippen molar-refractivity contribution in [2.75, 3.05) is 12.0 Å². The number of anilines is 1. The summed E-state index contributed by atoms with van der Waals surface area (Å²) in [6, 6.07) is 0.406. The van der Waals surface area contributed by atoms with Gasteiger partial charge in [-0.3, -0.25) is 4.57 Å². The van der Waals surface area contributed by atoms with Crippen LogP contribution in [-0.4, -0.2) is 60.8 Å². The summed E-state index contributed by atoms with van der Waals surface area (Å²) in [6.07, 6.45) is 3.45. The zero-order valence-electron chi connectivity index (χ0n) is 14.2. The first-order valence-electron chi connectivity index (χ1n) is 9.17. The van der Waals surface area contributed by atoms with Crippen LogP contribution in [0.3, 0.4) is 0 Å². The van der Waals surface area contributed by atoms with E-state index < -0.39 is 31.2 Å². The lowest BCUT2D eigenvalue weighted by Crippen LogP contribution is -2.32. The van der Waals surface area contributed by atoms with E-state index in [-0.39, 0.29) is 0 Å². The monoisotopic (exact) mass is 363 g/mol. The molecule has 7 atom stereocenters. The highest BCUT2D eigenvalue weighted by atomic mass is 19.1. The molecule has 140 valence electrons. The molecule has 8 nitrogen and oxygen atoms in total. The van der Waals surface area contributed by atoms with Gasteiger partial charge in [0.05, 0.1) is 6.33 Å². The lowest BCUT2D eigenvalue weighted by atomic mass is 9.95. The highest BCUT2D eigenvalue weighted by Gasteiger charge is 2.44. The predicted octanol–water partition coefficient (Wildman–Crippen LogP) is 1.02. The van der Waals surface area contributed by atoms with Crippen molar-refractivity contribution in [3.05, 3.63) is 12.7 Å². The Kier molecular flexibility index (Phi) is 3.84. The van der Waals surface area contributed by atoms with Crippen LogP contribution in [-0.2, 0) is 4.74 Å². The number of ether oxygens (including phenoxy) is 1. The molecular weight excluding hydrogens is 341 g/mol. The van der Waals surface area contributed by atoms with Crippen molar-refractivity contribution in [2.24, 2.45) is 11.8 Å². The van der Waals surface area contributed by atoms with Gasteiger partial charge in [-0.2, -0.15) is 0 Å². The van der Waals surface area contributed by atoms with E-state index in [4.69, 9.17) is 4.74 Å². The third-order valence-electron chi connectivity index (χ3n) is 6.18. The number of halogens is 1. The second-order valence-corrected chi connectivity index (χ2v) is 7.67. The van der Waals surface area contributed by atoms with Gasteiger partial charge < -0.3 is 20.3 Å². The third kappa shape index (κ3) is 2.41. The molecule has 0 radical (unpaired) electrons. The maximum absolute atomic E-state index is 13.0. The quantitative estimate of drug-likeness (QED) is 0.745. The Morgan fingerprint density at radius 1 is 1.19 bits per heavy atom. The molecule has 3 heterocycles. The number of aromatic nitrogens is 4. The molecule has 0 amide bonds. The molecule has 0 spiro atoms. The molecular formula is C17H22FN5O3. The number of nitrogens with one attached hydrogen (secondary N) is 1. The van der Waals surface area contributed by atoms with Crippen molar-refractivity contribution in [1.82, 2.24) is 19.5 Å². The molecule has 2 bridgehead atoms. The standard InChI is InChI=1S/C17H22FN5O3/c18-5-11-13(24)14(25)17(26-11)23-7-21-12-15(19-6-20-16(12)23)22-10-4-8-1-2-9(10)3-8/h6-11,13-14,17,24-25H,1-5H2,(H,19,20,22)/t8?,9?,10?,11-,13?,14?,17-/m1/s1. The molecule has 5 unspecified atom stereocenters. The van der Waals surface area contributed by atoms with E-state index in [1.165, 1.54) is 36.5 Å². The number of alkyl halides is 1. The first-order chi connectivity index (χ1) is 12.7. The van der Waals surface area contributed by atoms with Gasteiger partial charge in [0.2, 0.25) is 0 Å². The summed E-state index contributed by atoms with van der Waals surface area (Å²) in [5.74, 6) is 2.17. The van der Waals surface area contributed by atoms with Crippen LogP contribution in [0, 0.1) is 11.8 Å². The van der Waals surface area contributed by atoms with Gasteiger partial charge in [0.15, 0.2) is 23.2 Å². The van der Waals surface area contributed by atoms with E-state index >= 15 is 0 Å². The Labute approximate surface area is 149 Å². The van der Waals surface area contributed by atoms with E-state index in [9.17, 15) is 14.6 Å². The number of hydrogen-bond acceptors (Lipinski definition) is 7. The van der Waals surface area contributed by atoms with Crippen LogP contribution in [0.1, 0.15) is 31.9 Å². The van der Waals surface area contributed by atoms with E-state index in [2.05, 4.69) is 20.3 Å². The van der Waals surface area contributed by atoms with Gasteiger partial charge in [0.25, 0.3) is 0 Å². The maximum atomic E-state index is 13.0. The zero-order chi connectivity index (χ0) is 17.8. The molecule has 3 N–H and O–H groups in total. The van der Waals surface area contributed by atoms with Crippen LogP contribution < -0.4 is 5.32 Å². The number of aliphatic hydroxyl groups excluding tert-OH is 2. The highest BCUT2D eigenvalue weighted by Crippen LogP contribution is 2.45. The molecule has 3 fully saturated rings. The SMILES string of the molecule is OC1C(O)[C@@H](CF)O[C@H]1n1cnc2c(NC3CC4CCC3C4)ncnc21. The summed E-state index contributed by atoms with van der Waals surface area (Å²) in [4.78, 5) is 13.0. The predicted molar refractivity (Wildman–Crippen MR) is 90.1 cm³/mol. The van der Waals surface area contributed by atoms with Gasteiger partial charge in [-0.05, 0) is 31.1 Å². The normalized spacial score (nSPS) is 39.1. The van der Waals surface area contributed by atoms with Crippen LogP contribution >= 0.6 is 0 Å². The van der Waals surface area contributed by atoms with Crippen molar-refractivity contribution in [1.29, 1.82) is 0 Å². The second kappa shape index (κ2) is 6.11. The van der Waals surface area contributed by atoms with Crippen LogP contribution in [0.15, 0.2) is 12.7 Å². The fraction of sp³-hybridized carbons (Fsp3) is 0.706. The molecule has 2 aromatic heterocycles. The summed E-state index contributed by atoms with van der Waals surface area (Å²) < 4.78 is 20.0. The average molecular weight is 363 g/mol. The Morgan fingerprint density at radius 3 is 2.77 bits per heavy atom. The maximum Gasteiger partial charge on any atom is 0.167 e. The van der Waals surface area contributed by atoms with Crippen LogP contribution in [0.25, 0.3) is 11.2 Å². The van der Waals surface area contributed by atoms with E-state index in [1.807, 2.05) is 0 Å². The van der Waals surface area contributed by atoms with E-state index in [0.717, 1.165) is 12.3 Å². The van der Waals surface area contributed by atoms with E-state index in [0.29, 0.717) is 28.9 Å². The molecule has 26 heavy (non-hydrogen) atoms. The van der Waals surface area contributed by atoms with Gasteiger partial charge in [-0.1, -0.05) is 6.42 Å². The number of nitrogens with zero attached hydrogens (tertiary/aromatic N) is 4. The molecule has 2 saturated carbocycles. The number of hydrogen-bond donors (Lipinski definition) is 3. The van der Waals surface area contributed by atoms with Crippen molar-refractivity contribution in [3.8, 4) is 0 Å². The summed E-state index contributed by atoms with van der Waals surface area (Å²) in [5, 5.41) is 23.6. The topological polar surface area (TPSA) is 105 Å². The molecule has 5 rings (SSSR count). The minimum absolute atomic E-state index is 0.406. The number of fused-ring (bicyclic) bond motifs is 3. The summed E-state index contributed by atoms with van der Waals surface area (Å²) in [7, 11) is 0. The van der Waals surface area contributed by atoms with Gasteiger partial charge in [-0.25, -0.2) is 19.3 Å². The largest absolute Gasteiger partial charge is 0.387 e. The Bertz CT molecular complexity index is 817. The van der Waals surface area contributed by atoms with E-state index in [1.54, 1.807) is 0 Å². The molecule has 1 aliphatic heterocycles. The van der Waals surface area contributed by atoms with Crippen molar-refractivity contribution < 1.29 is 19.3 Å². The molecule has 2 aliphatic carbocycles. The van der Waals surface area contributed by atoms with Gasteiger partial charge in [0.1, 0.15) is 31.3 Å². The molecule has 2 aromatic rings. The first kappa shape index (κ1) is 16.3. The van der Waals surface area contributed by atoms with Crippen molar-refractivity contribution in [2.45, 2.75) is 56.3 Å². The second-order valence-electron chi connectivity index (χ2n) is 7.67. The minimum Gasteiger partial charge on any atom is -0.387 e. The fourth-order valence-corrected chi connectivity index (χ4v) is 4.83. The number of aliphatic hydroxyl groups is 2. The first-order valence-corrected chi connectivity index (χ1v) is 9.17. The Balaban J connectivity index is 1.44. The zero-order valence-corrected chi connectivity index (χ0v) is 14.2. The van der Waals surface area contributed by atoms with Crippen LogP contribution in [0.5, 0.6) is 0 Å². The van der Waals surface area contributed by atoms with Crippen LogP contribution in [0.2, 0.25) is 0 Å². The third-order valence-corrected chi connectivity index (χ3v) is 6.18. The number of rotatable bonds is 4. The van der Waals surface area contributed by atoms with Gasteiger partial charge in [-0.15, -0.1) is 0 Å². The summed E-state index contributed by atoms with van der Waals surface area (Å²) in [5.41, 5.74) is 1.07. The molecule has 0 aromatic carbocycles. The van der Waals surface area contributed by atoms with Gasteiger partial charge >= 0.3 is 0 Å². The lowest BCUT2D eigenvalue weighted by Gasteiger charge is -2.23. The minimum atomic E-state index is -1.28. The summed E-state index contributed by atoms with van der Waals surface area (Å²) >= 11 is 0. The summed E-state index contributed by atoms with van der Waals surface area (Å²) in [6.45, 7) is -0.868. The molecule has 3 aliphatic rings. The smallest absolute Gasteiger partial charge is 0.167 e. The highest BCUT2D eigenvalue weighted by molar-refractivity contribution is 5.82. The molecule has 1 saturated heterocycles.